The minimum Gasteiger partial charge on any atom is -0.504 e. The van der Waals surface area contributed by atoms with Crippen LogP contribution in [-0.2, 0) is 0 Å². The molecule has 0 unspecified atom stereocenters. The van der Waals surface area contributed by atoms with Crippen molar-refractivity contribution >= 4 is 18.4 Å². The van der Waals surface area contributed by atoms with Crippen LogP contribution in [0, 0.1) is 4.77 Å². The molecule has 2 aromatic carbocycles. The summed E-state index contributed by atoms with van der Waals surface area (Å²) in [7, 11) is 6.07. The van der Waals surface area contributed by atoms with Crippen LogP contribution in [0.2, 0.25) is 0 Å². The lowest BCUT2D eigenvalue weighted by Gasteiger charge is -2.13. The predicted octanol–water partition coefficient (Wildman–Crippen LogP) is 3.23. The first-order chi connectivity index (χ1) is 14.0. The van der Waals surface area contributed by atoms with Crippen LogP contribution in [-0.4, -0.2) is 54.6 Å². The molecule has 0 aliphatic heterocycles. The normalized spacial score (nSPS) is 10.9. The maximum Gasteiger partial charge on any atom is 0.216 e. The minimum atomic E-state index is -0.0249. The van der Waals surface area contributed by atoms with E-state index in [4.69, 9.17) is 31.2 Å². The Kier molecular flexibility index (Phi) is 6.03. The molecule has 0 atom stereocenters. The number of phenols is 1. The summed E-state index contributed by atoms with van der Waals surface area (Å²) in [5, 5.41) is 21.6. The first-order valence-electron chi connectivity index (χ1n) is 8.42. The number of rotatable bonds is 7. The van der Waals surface area contributed by atoms with Crippen molar-refractivity contribution in [3.05, 3.63) is 40.7 Å². The van der Waals surface area contributed by atoms with Gasteiger partial charge in [0.1, 0.15) is 0 Å². The van der Waals surface area contributed by atoms with E-state index in [2.05, 4.69) is 15.3 Å². The summed E-state index contributed by atoms with van der Waals surface area (Å²) in [4.78, 5) is 0. The average Bonchev–Trinajstić information content (AvgIpc) is 3.12. The van der Waals surface area contributed by atoms with E-state index in [1.807, 2.05) is 0 Å². The van der Waals surface area contributed by atoms with Crippen molar-refractivity contribution < 1.29 is 24.1 Å². The second-order valence-corrected chi connectivity index (χ2v) is 6.11. The quantitative estimate of drug-likeness (QED) is 0.450. The highest BCUT2D eigenvalue weighted by molar-refractivity contribution is 7.71. The molecule has 2 N–H and O–H groups in total. The Bertz CT molecular complexity index is 1080. The highest BCUT2D eigenvalue weighted by atomic mass is 32.1. The van der Waals surface area contributed by atoms with Crippen LogP contribution in [0.5, 0.6) is 28.7 Å². The lowest BCUT2D eigenvalue weighted by Crippen LogP contribution is -1.99. The third-order valence-electron chi connectivity index (χ3n) is 4.14. The Morgan fingerprint density at radius 3 is 2.28 bits per heavy atom. The number of ether oxygens (including phenoxy) is 4. The zero-order valence-electron chi connectivity index (χ0n) is 16.3. The molecule has 0 saturated heterocycles. The van der Waals surface area contributed by atoms with Crippen molar-refractivity contribution in [3.8, 4) is 40.1 Å². The molecule has 1 aromatic heterocycles. The SMILES string of the molecule is COc1cccc(C=Nn2c(-c3cc(OC)c(OC)c(OC)c3)n[nH]c2=S)c1O. The zero-order chi connectivity index (χ0) is 21.0. The van der Waals surface area contributed by atoms with Crippen LogP contribution in [0.1, 0.15) is 5.56 Å². The lowest BCUT2D eigenvalue weighted by atomic mass is 10.1. The summed E-state index contributed by atoms with van der Waals surface area (Å²) >= 11 is 5.30. The molecule has 0 spiro atoms. The number of aromatic hydroxyl groups is 1. The van der Waals surface area contributed by atoms with Crippen LogP contribution >= 0.6 is 12.2 Å². The van der Waals surface area contributed by atoms with E-state index in [-0.39, 0.29) is 10.5 Å². The van der Waals surface area contributed by atoms with Gasteiger partial charge in [0.15, 0.2) is 28.8 Å². The standard InChI is InChI=1S/C19H20N4O5S/c1-25-13-7-5-6-11(16(13)24)10-20-23-18(21-22-19(23)29)12-8-14(26-2)17(28-4)15(9-12)27-3/h5-10,24H,1-4H3,(H,22,29). The Morgan fingerprint density at radius 1 is 1.03 bits per heavy atom. The van der Waals surface area contributed by atoms with E-state index < -0.39 is 0 Å². The number of para-hydroxylation sites is 1. The number of hydrogen-bond acceptors (Lipinski definition) is 8. The molecular formula is C19H20N4O5S. The van der Waals surface area contributed by atoms with Gasteiger partial charge in [0.05, 0.1) is 34.7 Å². The first kappa shape index (κ1) is 20.2. The topological polar surface area (TPSA) is 103 Å². The van der Waals surface area contributed by atoms with Crippen molar-refractivity contribution in [1.82, 2.24) is 14.9 Å². The lowest BCUT2D eigenvalue weighted by molar-refractivity contribution is 0.324. The van der Waals surface area contributed by atoms with Gasteiger partial charge in [0, 0.05) is 11.1 Å². The predicted molar refractivity (Wildman–Crippen MR) is 110 cm³/mol. The summed E-state index contributed by atoms with van der Waals surface area (Å²) < 4.78 is 23.0. The summed E-state index contributed by atoms with van der Waals surface area (Å²) in [5.74, 6) is 2.14. The molecule has 0 aliphatic rings. The number of nitrogens with one attached hydrogen (secondary N) is 1. The molecule has 0 saturated carbocycles. The van der Waals surface area contributed by atoms with Gasteiger partial charge in [0.25, 0.3) is 0 Å². The number of aromatic nitrogens is 3. The smallest absolute Gasteiger partial charge is 0.216 e. The van der Waals surface area contributed by atoms with Gasteiger partial charge in [-0.25, -0.2) is 5.10 Å². The van der Waals surface area contributed by atoms with Gasteiger partial charge in [-0.15, -0.1) is 0 Å². The number of hydrogen-bond donors (Lipinski definition) is 2. The maximum atomic E-state index is 10.2. The molecule has 29 heavy (non-hydrogen) atoms. The number of phenolic OH excluding ortho intramolecular Hbond substituents is 1. The largest absolute Gasteiger partial charge is 0.504 e. The van der Waals surface area contributed by atoms with E-state index in [1.165, 1.54) is 39.3 Å². The van der Waals surface area contributed by atoms with Gasteiger partial charge in [0.2, 0.25) is 10.5 Å². The monoisotopic (exact) mass is 416 g/mol. The van der Waals surface area contributed by atoms with Crippen molar-refractivity contribution in [3.63, 3.8) is 0 Å². The van der Waals surface area contributed by atoms with E-state index in [0.717, 1.165) is 0 Å². The summed E-state index contributed by atoms with van der Waals surface area (Å²) in [6.07, 6.45) is 1.46. The number of benzene rings is 2. The van der Waals surface area contributed by atoms with Crippen molar-refractivity contribution in [1.29, 1.82) is 0 Å². The average molecular weight is 416 g/mol. The van der Waals surface area contributed by atoms with Crippen molar-refractivity contribution in [2.75, 3.05) is 28.4 Å². The molecule has 0 amide bonds. The summed E-state index contributed by atoms with van der Waals surface area (Å²) in [6.45, 7) is 0. The van der Waals surface area contributed by atoms with Gasteiger partial charge in [-0.3, -0.25) is 0 Å². The summed E-state index contributed by atoms with van der Waals surface area (Å²) in [5.41, 5.74) is 1.10. The molecule has 0 bridgehead atoms. The van der Waals surface area contributed by atoms with Gasteiger partial charge in [-0.05, 0) is 36.5 Å². The second-order valence-electron chi connectivity index (χ2n) is 5.72. The van der Waals surface area contributed by atoms with E-state index in [0.29, 0.717) is 39.9 Å². The highest BCUT2D eigenvalue weighted by Gasteiger charge is 2.17. The Labute approximate surface area is 172 Å². The maximum absolute atomic E-state index is 10.2. The molecular weight excluding hydrogens is 396 g/mol. The van der Waals surface area contributed by atoms with Gasteiger partial charge < -0.3 is 24.1 Å². The van der Waals surface area contributed by atoms with Crippen LogP contribution in [0.25, 0.3) is 11.4 Å². The minimum absolute atomic E-state index is 0.0249. The van der Waals surface area contributed by atoms with Crippen LogP contribution < -0.4 is 18.9 Å². The number of aromatic amines is 1. The van der Waals surface area contributed by atoms with Crippen molar-refractivity contribution in [2.24, 2.45) is 5.10 Å². The Hall–Kier alpha value is -3.53. The van der Waals surface area contributed by atoms with Gasteiger partial charge in [-0.1, -0.05) is 6.07 Å². The third-order valence-corrected chi connectivity index (χ3v) is 4.40. The van der Waals surface area contributed by atoms with Gasteiger partial charge >= 0.3 is 0 Å². The molecule has 0 radical (unpaired) electrons. The number of methoxy groups -OCH3 is 4. The van der Waals surface area contributed by atoms with Crippen LogP contribution in [0.4, 0.5) is 0 Å². The van der Waals surface area contributed by atoms with Gasteiger partial charge in [-0.2, -0.15) is 14.9 Å². The first-order valence-corrected chi connectivity index (χ1v) is 8.83. The third kappa shape index (κ3) is 3.87. The molecule has 0 aliphatic carbocycles. The molecule has 3 aromatic rings. The molecule has 3 rings (SSSR count). The van der Waals surface area contributed by atoms with E-state index >= 15 is 0 Å². The Morgan fingerprint density at radius 2 is 1.69 bits per heavy atom. The zero-order valence-corrected chi connectivity index (χ0v) is 17.1. The molecule has 10 heteroatoms. The second kappa shape index (κ2) is 8.65. The van der Waals surface area contributed by atoms with Crippen LogP contribution in [0.3, 0.4) is 0 Å². The highest BCUT2D eigenvalue weighted by Crippen LogP contribution is 2.40. The fourth-order valence-electron chi connectivity index (χ4n) is 2.72. The van der Waals surface area contributed by atoms with Crippen molar-refractivity contribution in [2.45, 2.75) is 0 Å². The fourth-order valence-corrected chi connectivity index (χ4v) is 2.90. The summed E-state index contributed by atoms with van der Waals surface area (Å²) in [6, 6.07) is 8.57. The molecule has 0 fully saturated rings. The Balaban J connectivity index is 2.09. The number of H-pyrrole nitrogens is 1. The van der Waals surface area contributed by atoms with E-state index in [1.54, 1.807) is 30.3 Å². The van der Waals surface area contributed by atoms with Crippen LogP contribution in [0.15, 0.2) is 35.4 Å². The number of nitrogens with zero attached hydrogens (tertiary/aromatic N) is 3. The van der Waals surface area contributed by atoms with E-state index in [9.17, 15) is 5.11 Å². The fraction of sp³-hybridized carbons (Fsp3) is 0.211. The molecule has 9 nitrogen and oxygen atoms in total. The molecule has 1 heterocycles. The molecule has 152 valence electrons.